The second kappa shape index (κ2) is 6.61. The Morgan fingerprint density at radius 2 is 1.64 bits per heavy atom. The Labute approximate surface area is 124 Å². The molecule has 0 aromatic heterocycles. The van der Waals surface area contributed by atoms with Crippen molar-refractivity contribution < 1.29 is 35.9 Å². The molecule has 0 bridgehead atoms. The van der Waals surface area contributed by atoms with Gasteiger partial charge in [0.1, 0.15) is 6.04 Å². The van der Waals surface area contributed by atoms with E-state index in [9.17, 15) is 30.8 Å². The highest BCUT2D eigenvalue weighted by Crippen LogP contribution is 2.24. The van der Waals surface area contributed by atoms with E-state index in [4.69, 9.17) is 5.11 Å². The van der Waals surface area contributed by atoms with Crippen LogP contribution in [0.15, 0.2) is 11.0 Å². The van der Waals surface area contributed by atoms with Gasteiger partial charge in [0.15, 0.2) is 28.2 Å². The monoisotopic (exact) mass is 343 g/mol. The van der Waals surface area contributed by atoms with E-state index in [2.05, 4.69) is 0 Å². The summed E-state index contributed by atoms with van der Waals surface area (Å²) in [5.74, 6) is -9.91. The number of nitrogens with one attached hydrogen (secondary N) is 1. The van der Waals surface area contributed by atoms with Crippen molar-refractivity contribution in [2.45, 2.75) is 31.2 Å². The molecule has 0 saturated heterocycles. The second-order valence-corrected chi connectivity index (χ2v) is 6.59. The van der Waals surface area contributed by atoms with Gasteiger partial charge in [-0.15, -0.1) is 0 Å². The summed E-state index contributed by atoms with van der Waals surface area (Å²) in [6, 6.07) is -1.85. The van der Waals surface area contributed by atoms with Gasteiger partial charge in [0.05, 0.1) is 0 Å². The number of aliphatic carboxylic acids is 1. The third-order valence-electron chi connectivity index (χ3n) is 2.64. The molecule has 22 heavy (non-hydrogen) atoms. The zero-order chi connectivity index (χ0) is 17.2. The smallest absolute Gasteiger partial charge is 0.321 e. The molecule has 1 unspecified atom stereocenters. The number of carbonyl (C=O) groups is 1. The summed E-state index contributed by atoms with van der Waals surface area (Å²) in [5.41, 5.74) is 0. The lowest BCUT2D eigenvalue weighted by Crippen LogP contribution is -2.42. The van der Waals surface area contributed by atoms with Crippen molar-refractivity contribution in [2.75, 3.05) is 0 Å². The zero-order valence-corrected chi connectivity index (χ0v) is 12.3. The van der Waals surface area contributed by atoms with Crippen LogP contribution in [0.4, 0.5) is 17.6 Å². The molecule has 10 heteroatoms. The highest BCUT2D eigenvalue weighted by atomic mass is 32.2. The first kappa shape index (κ1) is 18.4. The van der Waals surface area contributed by atoms with Gasteiger partial charge in [0, 0.05) is 6.07 Å². The summed E-state index contributed by atoms with van der Waals surface area (Å²) < 4.78 is 78.4. The lowest BCUT2D eigenvalue weighted by atomic mass is 10.1. The van der Waals surface area contributed by atoms with Crippen LogP contribution in [0.3, 0.4) is 0 Å². The van der Waals surface area contributed by atoms with Gasteiger partial charge in [-0.1, -0.05) is 13.8 Å². The Morgan fingerprint density at radius 3 is 2.00 bits per heavy atom. The molecule has 1 aromatic carbocycles. The number of carboxylic acids is 1. The van der Waals surface area contributed by atoms with E-state index in [0.717, 1.165) is 0 Å². The van der Waals surface area contributed by atoms with Crippen LogP contribution < -0.4 is 4.72 Å². The van der Waals surface area contributed by atoms with Crippen molar-refractivity contribution in [2.24, 2.45) is 5.92 Å². The molecule has 0 fully saturated rings. The van der Waals surface area contributed by atoms with Gasteiger partial charge in [-0.05, 0) is 12.3 Å². The third kappa shape index (κ3) is 3.95. The molecule has 1 rings (SSSR count). The number of rotatable bonds is 6. The number of sulfonamides is 1. The highest BCUT2D eigenvalue weighted by molar-refractivity contribution is 7.89. The number of hydrogen-bond donors (Lipinski definition) is 2. The van der Waals surface area contributed by atoms with Crippen molar-refractivity contribution in [1.82, 2.24) is 4.72 Å². The molecule has 124 valence electrons. The van der Waals surface area contributed by atoms with Crippen LogP contribution in [-0.2, 0) is 14.8 Å². The molecular weight excluding hydrogens is 330 g/mol. The van der Waals surface area contributed by atoms with Crippen molar-refractivity contribution in [3.63, 3.8) is 0 Å². The van der Waals surface area contributed by atoms with E-state index in [1.807, 2.05) is 0 Å². The van der Waals surface area contributed by atoms with Crippen molar-refractivity contribution >= 4 is 16.0 Å². The first-order valence-corrected chi connectivity index (χ1v) is 7.53. The summed E-state index contributed by atoms with van der Waals surface area (Å²) in [6.07, 6.45) is -0.185. The summed E-state index contributed by atoms with van der Waals surface area (Å²) in [5, 5.41) is 8.92. The number of benzene rings is 1. The number of hydrogen-bond acceptors (Lipinski definition) is 3. The Kier molecular flexibility index (Phi) is 5.52. The van der Waals surface area contributed by atoms with Gasteiger partial charge in [-0.2, -0.15) is 4.72 Å². The van der Waals surface area contributed by atoms with E-state index in [1.165, 1.54) is 4.72 Å². The van der Waals surface area contributed by atoms with Gasteiger partial charge < -0.3 is 5.11 Å². The lowest BCUT2D eigenvalue weighted by molar-refractivity contribution is -0.139. The van der Waals surface area contributed by atoms with Crippen LogP contribution >= 0.6 is 0 Å². The van der Waals surface area contributed by atoms with E-state index in [1.54, 1.807) is 13.8 Å². The molecule has 1 aromatic rings. The fourth-order valence-electron chi connectivity index (χ4n) is 1.70. The van der Waals surface area contributed by atoms with Gasteiger partial charge in [-0.3, -0.25) is 4.79 Å². The van der Waals surface area contributed by atoms with Crippen LogP contribution in [0.5, 0.6) is 0 Å². The summed E-state index contributed by atoms with van der Waals surface area (Å²) in [7, 11) is -5.12. The molecule has 0 amide bonds. The third-order valence-corrected chi connectivity index (χ3v) is 4.13. The molecular formula is C12H13F4NO4S. The van der Waals surface area contributed by atoms with Crippen LogP contribution in [-0.4, -0.2) is 25.5 Å². The first-order chi connectivity index (χ1) is 9.97. The molecule has 5 nitrogen and oxygen atoms in total. The quantitative estimate of drug-likeness (QED) is 0.611. The Morgan fingerprint density at radius 1 is 1.18 bits per heavy atom. The largest absolute Gasteiger partial charge is 0.480 e. The molecule has 0 spiro atoms. The molecule has 0 aliphatic heterocycles. The molecule has 0 aliphatic rings. The van der Waals surface area contributed by atoms with Crippen LogP contribution in [0.1, 0.15) is 20.3 Å². The lowest BCUT2D eigenvalue weighted by Gasteiger charge is -2.17. The summed E-state index contributed by atoms with van der Waals surface area (Å²) in [6.45, 7) is 3.18. The van der Waals surface area contributed by atoms with Gasteiger partial charge in [-0.25, -0.2) is 26.0 Å². The maximum Gasteiger partial charge on any atom is 0.321 e. The Hall–Kier alpha value is -1.68. The minimum atomic E-state index is -5.12. The SMILES string of the molecule is CC(C)CC(NS(=O)(=O)c1c(F)c(F)cc(F)c1F)C(=O)O. The van der Waals surface area contributed by atoms with E-state index < -0.39 is 50.2 Å². The predicted octanol–water partition coefficient (Wildman–Crippen LogP) is 2.02. The second-order valence-electron chi connectivity index (χ2n) is 4.94. The van der Waals surface area contributed by atoms with E-state index >= 15 is 0 Å². The molecule has 0 saturated carbocycles. The maximum absolute atomic E-state index is 13.5. The molecule has 0 heterocycles. The van der Waals surface area contributed by atoms with Crippen LogP contribution in [0.25, 0.3) is 0 Å². The standard InChI is InChI=1S/C12H13F4NO4S/c1-5(2)3-8(12(18)19)17-22(20,21)11-9(15)6(13)4-7(14)10(11)16/h4-5,8,17H,3H2,1-2H3,(H,18,19). The number of carboxylic acid groups (broad SMARTS) is 1. The molecule has 0 aliphatic carbocycles. The van der Waals surface area contributed by atoms with E-state index in [-0.39, 0.29) is 18.4 Å². The Bertz CT molecular complexity index is 665. The fraction of sp³-hybridized carbons (Fsp3) is 0.417. The minimum Gasteiger partial charge on any atom is -0.480 e. The summed E-state index contributed by atoms with van der Waals surface area (Å²) >= 11 is 0. The minimum absolute atomic E-state index is 0.146. The van der Waals surface area contributed by atoms with Crippen LogP contribution in [0, 0.1) is 29.2 Å². The average Bonchev–Trinajstić information content (AvgIpc) is 2.34. The zero-order valence-electron chi connectivity index (χ0n) is 11.5. The number of halogens is 4. The highest BCUT2D eigenvalue weighted by Gasteiger charge is 2.33. The fourth-order valence-corrected chi connectivity index (χ4v) is 3.06. The normalized spacial score (nSPS) is 13.4. The molecule has 2 N–H and O–H groups in total. The topological polar surface area (TPSA) is 83.5 Å². The first-order valence-electron chi connectivity index (χ1n) is 6.05. The van der Waals surface area contributed by atoms with E-state index in [0.29, 0.717) is 0 Å². The summed E-state index contributed by atoms with van der Waals surface area (Å²) in [4.78, 5) is 9.10. The Balaban J connectivity index is 3.33. The van der Waals surface area contributed by atoms with Gasteiger partial charge in [0.25, 0.3) is 0 Å². The molecule has 0 radical (unpaired) electrons. The van der Waals surface area contributed by atoms with Crippen molar-refractivity contribution in [1.29, 1.82) is 0 Å². The molecule has 1 atom stereocenters. The van der Waals surface area contributed by atoms with Crippen molar-refractivity contribution in [3.8, 4) is 0 Å². The van der Waals surface area contributed by atoms with Gasteiger partial charge in [0.2, 0.25) is 10.0 Å². The average molecular weight is 343 g/mol. The maximum atomic E-state index is 13.5. The van der Waals surface area contributed by atoms with Gasteiger partial charge >= 0.3 is 5.97 Å². The van der Waals surface area contributed by atoms with Crippen LogP contribution in [0.2, 0.25) is 0 Å². The predicted molar refractivity (Wildman–Crippen MR) is 67.5 cm³/mol. The van der Waals surface area contributed by atoms with Crippen molar-refractivity contribution in [3.05, 3.63) is 29.3 Å².